The third kappa shape index (κ3) is 3.52. The number of rotatable bonds is 4. The summed E-state index contributed by atoms with van der Waals surface area (Å²) in [6.45, 7) is 2.90. The Morgan fingerprint density at radius 2 is 2.08 bits per heavy atom. The first kappa shape index (κ1) is 16.9. The number of aryl methyl sites for hydroxylation is 2. The minimum Gasteiger partial charge on any atom is -0.357 e. The highest BCUT2D eigenvalue weighted by Gasteiger charge is 2.21. The molecule has 4 rings (SSSR count). The first-order valence-corrected chi connectivity index (χ1v) is 9.38. The molecule has 3 aromatic rings. The van der Waals surface area contributed by atoms with E-state index in [1.807, 2.05) is 6.92 Å². The number of anilines is 1. The summed E-state index contributed by atoms with van der Waals surface area (Å²) in [5.74, 6) is 0.515. The first-order chi connectivity index (χ1) is 12.6. The van der Waals surface area contributed by atoms with E-state index in [9.17, 15) is 9.18 Å². The lowest BCUT2D eigenvalue weighted by molar-refractivity contribution is 0.552. The highest BCUT2D eigenvalue weighted by atomic mass is 32.1. The molecule has 0 amide bonds. The van der Waals surface area contributed by atoms with Crippen LogP contribution in [0.15, 0.2) is 29.1 Å². The highest BCUT2D eigenvalue weighted by molar-refractivity contribution is 7.15. The molecule has 0 fully saturated rings. The molecular weight excluding hydrogens is 355 g/mol. The van der Waals surface area contributed by atoms with Gasteiger partial charge in [-0.3, -0.25) is 4.57 Å². The highest BCUT2D eigenvalue weighted by Crippen LogP contribution is 2.20. The summed E-state index contributed by atoms with van der Waals surface area (Å²) >= 11 is 1.53. The molecule has 26 heavy (non-hydrogen) atoms. The van der Waals surface area contributed by atoms with Crippen LogP contribution in [-0.2, 0) is 19.5 Å². The van der Waals surface area contributed by atoms with Crippen molar-refractivity contribution < 1.29 is 4.39 Å². The normalized spacial score (nSPS) is 16.9. The van der Waals surface area contributed by atoms with E-state index in [0.29, 0.717) is 13.1 Å². The number of nitrogens with zero attached hydrogens (tertiary/aromatic N) is 5. The fourth-order valence-corrected chi connectivity index (χ4v) is 3.84. The van der Waals surface area contributed by atoms with Gasteiger partial charge in [-0.2, -0.15) is 5.10 Å². The molecular formula is C17H19FN6OS. The van der Waals surface area contributed by atoms with E-state index in [-0.39, 0.29) is 17.5 Å². The minimum absolute atomic E-state index is 0.114. The van der Waals surface area contributed by atoms with Crippen LogP contribution in [0.5, 0.6) is 0 Å². The smallest absolute Gasteiger partial charge is 0.346 e. The summed E-state index contributed by atoms with van der Waals surface area (Å²) in [5.41, 5.74) is 0.740. The number of halogens is 1. The average molecular weight is 374 g/mol. The van der Waals surface area contributed by atoms with E-state index >= 15 is 0 Å². The molecule has 9 heteroatoms. The lowest BCUT2D eigenvalue weighted by atomic mass is 10.1. The summed E-state index contributed by atoms with van der Waals surface area (Å²) in [4.78, 5) is 12.7. The summed E-state index contributed by atoms with van der Waals surface area (Å²) in [5, 5.41) is 17.8. The van der Waals surface area contributed by atoms with Crippen molar-refractivity contribution in [2.45, 2.75) is 45.3 Å². The molecule has 1 aliphatic heterocycles. The van der Waals surface area contributed by atoms with Crippen LogP contribution in [0.1, 0.15) is 29.2 Å². The molecule has 0 spiro atoms. The Kier molecular flexibility index (Phi) is 4.54. The van der Waals surface area contributed by atoms with Crippen LogP contribution in [0.3, 0.4) is 0 Å². The molecule has 3 heterocycles. The molecule has 0 saturated carbocycles. The van der Waals surface area contributed by atoms with Gasteiger partial charge in [0.25, 0.3) is 0 Å². The maximum Gasteiger partial charge on any atom is 0.346 e. The SMILES string of the molecule is Cc1nnc(NC2CCc3nn(Cc4ccc(F)cc4)c(=O)n3CC2)s1. The lowest BCUT2D eigenvalue weighted by Gasteiger charge is -2.14. The van der Waals surface area contributed by atoms with Crippen molar-refractivity contribution in [1.82, 2.24) is 24.5 Å². The number of aromatic nitrogens is 5. The topological polar surface area (TPSA) is 77.6 Å². The van der Waals surface area contributed by atoms with Crippen molar-refractivity contribution in [2.75, 3.05) is 5.32 Å². The van der Waals surface area contributed by atoms with Crippen LogP contribution in [0.25, 0.3) is 0 Å². The number of nitrogens with one attached hydrogen (secondary N) is 1. The van der Waals surface area contributed by atoms with E-state index in [4.69, 9.17) is 0 Å². The Morgan fingerprint density at radius 1 is 1.27 bits per heavy atom. The zero-order valence-corrected chi connectivity index (χ0v) is 15.2. The number of hydrogen-bond donors (Lipinski definition) is 1. The van der Waals surface area contributed by atoms with Gasteiger partial charge < -0.3 is 5.32 Å². The molecule has 2 aromatic heterocycles. The van der Waals surface area contributed by atoms with Gasteiger partial charge in [0.05, 0.1) is 6.54 Å². The molecule has 1 aliphatic rings. The first-order valence-electron chi connectivity index (χ1n) is 8.56. The molecule has 0 radical (unpaired) electrons. The zero-order valence-electron chi connectivity index (χ0n) is 14.4. The standard InChI is InChI=1S/C17H19FN6OS/c1-11-20-21-16(26-11)19-14-6-7-15-22-24(17(25)23(15)9-8-14)10-12-2-4-13(18)5-3-12/h2-5,14H,6-10H2,1H3,(H,19,21). The van der Waals surface area contributed by atoms with Crippen LogP contribution < -0.4 is 11.0 Å². The molecule has 0 aliphatic carbocycles. The van der Waals surface area contributed by atoms with Gasteiger partial charge in [-0.05, 0) is 37.5 Å². The predicted molar refractivity (Wildman–Crippen MR) is 97.0 cm³/mol. The Balaban J connectivity index is 1.46. The second kappa shape index (κ2) is 6.99. The summed E-state index contributed by atoms with van der Waals surface area (Å²) < 4.78 is 16.2. The molecule has 1 aromatic carbocycles. The Bertz CT molecular complexity index is 961. The third-order valence-electron chi connectivity index (χ3n) is 4.52. The van der Waals surface area contributed by atoms with Crippen molar-refractivity contribution in [3.8, 4) is 0 Å². The van der Waals surface area contributed by atoms with Gasteiger partial charge in [0, 0.05) is 19.0 Å². The zero-order chi connectivity index (χ0) is 18.1. The van der Waals surface area contributed by atoms with Crippen LogP contribution in [0, 0.1) is 12.7 Å². The van der Waals surface area contributed by atoms with Gasteiger partial charge >= 0.3 is 5.69 Å². The van der Waals surface area contributed by atoms with Crippen molar-refractivity contribution in [3.05, 3.63) is 57.0 Å². The van der Waals surface area contributed by atoms with Gasteiger partial charge in [0.2, 0.25) is 5.13 Å². The van der Waals surface area contributed by atoms with Crippen LogP contribution in [0.2, 0.25) is 0 Å². The van der Waals surface area contributed by atoms with Crippen molar-refractivity contribution in [1.29, 1.82) is 0 Å². The van der Waals surface area contributed by atoms with Gasteiger partial charge in [-0.1, -0.05) is 23.5 Å². The fourth-order valence-electron chi connectivity index (χ4n) is 3.17. The Labute approximate surface area is 153 Å². The quantitative estimate of drug-likeness (QED) is 0.758. The summed E-state index contributed by atoms with van der Waals surface area (Å²) in [6, 6.07) is 6.39. The molecule has 1 atom stereocenters. The molecule has 136 valence electrons. The van der Waals surface area contributed by atoms with E-state index in [1.54, 1.807) is 16.7 Å². The second-order valence-electron chi connectivity index (χ2n) is 6.43. The molecule has 0 saturated heterocycles. The van der Waals surface area contributed by atoms with E-state index in [2.05, 4.69) is 20.6 Å². The maximum absolute atomic E-state index is 13.0. The van der Waals surface area contributed by atoms with Crippen molar-refractivity contribution in [3.63, 3.8) is 0 Å². The van der Waals surface area contributed by atoms with Crippen LogP contribution >= 0.6 is 11.3 Å². The Hall–Kier alpha value is -2.55. The monoisotopic (exact) mass is 374 g/mol. The van der Waals surface area contributed by atoms with Crippen molar-refractivity contribution in [2.24, 2.45) is 0 Å². The minimum atomic E-state index is -0.286. The average Bonchev–Trinajstić information content (AvgIpc) is 3.08. The van der Waals surface area contributed by atoms with Gasteiger partial charge in [0.15, 0.2) is 0 Å². The van der Waals surface area contributed by atoms with E-state index in [0.717, 1.165) is 40.8 Å². The van der Waals surface area contributed by atoms with Crippen molar-refractivity contribution >= 4 is 16.5 Å². The van der Waals surface area contributed by atoms with Crippen LogP contribution in [0.4, 0.5) is 9.52 Å². The predicted octanol–water partition coefficient (Wildman–Crippen LogP) is 2.21. The number of benzene rings is 1. The van der Waals surface area contributed by atoms with Gasteiger partial charge in [0.1, 0.15) is 16.6 Å². The third-order valence-corrected chi connectivity index (χ3v) is 5.29. The van der Waals surface area contributed by atoms with E-state index in [1.165, 1.54) is 28.2 Å². The van der Waals surface area contributed by atoms with Gasteiger partial charge in [-0.25, -0.2) is 13.9 Å². The van der Waals surface area contributed by atoms with Gasteiger partial charge in [-0.15, -0.1) is 10.2 Å². The maximum atomic E-state index is 13.0. The second-order valence-corrected chi connectivity index (χ2v) is 7.61. The van der Waals surface area contributed by atoms with Crippen LogP contribution in [-0.4, -0.2) is 30.6 Å². The Morgan fingerprint density at radius 3 is 2.81 bits per heavy atom. The summed E-state index contributed by atoms with van der Waals surface area (Å²) in [6.07, 6.45) is 2.43. The largest absolute Gasteiger partial charge is 0.357 e. The molecule has 0 bridgehead atoms. The number of fused-ring (bicyclic) bond motifs is 1. The fraction of sp³-hybridized carbons (Fsp3) is 0.412. The lowest BCUT2D eigenvalue weighted by Crippen LogP contribution is -2.27. The summed E-state index contributed by atoms with van der Waals surface area (Å²) in [7, 11) is 0. The molecule has 7 nitrogen and oxygen atoms in total. The molecule has 1 unspecified atom stereocenters. The molecule has 1 N–H and O–H groups in total. The number of hydrogen-bond acceptors (Lipinski definition) is 6. The van der Waals surface area contributed by atoms with E-state index < -0.39 is 0 Å².